The Labute approximate surface area is 148 Å². The van der Waals surface area contributed by atoms with E-state index in [2.05, 4.69) is 22.1 Å². The van der Waals surface area contributed by atoms with Gasteiger partial charge in [-0.1, -0.05) is 30.0 Å². The number of carbonyl (C=O) groups excluding carboxylic acids is 1. The summed E-state index contributed by atoms with van der Waals surface area (Å²) in [4.78, 5) is 23.0. The van der Waals surface area contributed by atoms with Crippen molar-refractivity contribution in [2.24, 2.45) is 0 Å². The first-order valence-electron chi connectivity index (χ1n) is 7.38. The molecule has 0 spiro atoms. The van der Waals surface area contributed by atoms with E-state index in [-0.39, 0.29) is 11.3 Å². The second-order valence-electron chi connectivity index (χ2n) is 5.10. The molecule has 9 heteroatoms. The van der Waals surface area contributed by atoms with Crippen LogP contribution in [-0.4, -0.2) is 37.5 Å². The maximum Gasteiger partial charge on any atom is 0.313 e. The minimum Gasteiger partial charge on any atom is -0.481 e. The summed E-state index contributed by atoms with van der Waals surface area (Å²) < 4.78 is 15.4. The van der Waals surface area contributed by atoms with Crippen molar-refractivity contribution < 1.29 is 19.1 Å². The highest BCUT2D eigenvalue weighted by molar-refractivity contribution is 7.99. The molecule has 2 aromatic rings. The van der Waals surface area contributed by atoms with Crippen LogP contribution in [0.15, 0.2) is 42.1 Å². The van der Waals surface area contributed by atoms with Crippen molar-refractivity contribution in [2.45, 2.75) is 24.7 Å². The zero-order valence-electron chi connectivity index (χ0n) is 13.5. The van der Waals surface area contributed by atoms with E-state index in [1.54, 1.807) is 23.6 Å². The van der Waals surface area contributed by atoms with E-state index in [0.717, 1.165) is 11.8 Å². The standard InChI is InChI=1S/C16H17FN4O3S/c1-3-8-21-14(19-20-16(21)25-9-13(22)23)10(2)18-15(24)11-6-4-5-7-12(11)17/h3-7,10H,1,8-9H2,2H3,(H,18,24)(H,22,23). The van der Waals surface area contributed by atoms with E-state index in [0.29, 0.717) is 17.5 Å². The Morgan fingerprint density at radius 3 is 2.80 bits per heavy atom. The maximum atomic E-state index is 13.7. The molecule has 7 nitrogen and oxygen atoms in total. The Morgan fingerprint density at radius 2 is 2.16 bits per heavy atom. The number of aromatic nitrogens is 3. The van der Waals surface area contributed by atoms with Crippen LogP contribution in [-0.2, 0) is 11.3 Å². The summed E-state index contributed by atoms with van der Waals surface area (Å²) in [6.07, 6.45) is 1.61. The van der Waals surface area contributed by atoms with E-state index in [9.17, 15) is 14.0 Å². The number of carbonyl (C=O) groups is 2. The van der Waals surface area contributed by atoms with Gasteiger partial charge in [0.1, 0.15) is 5.82 Å². The number of thioether (sulfide) groups is 1. The zero-order valence-corrected chi connectivity index (χ0v) is 14.3. The number of rotatable bonds is 8. The topological polar surface area (TPSA) is 97.1 Å². The molecule has 1 amide bonds. The molecule has 2 rings (SSSR count). The highest BCUT2D eigenvalue weighted by Gasteiger charge is 2.21. The smallest absolute Gasteiger partial charge is 0.313 e. The van der Waals surface area contributed by atoms with Crippen LogP contribution in [0.3, 0.4) is 0 Å². The number of nitrogens with zero attached hydrogens (tertiary/aromatic N) is 3. The van der Waals surface area contributed by atoms with Gasteiger partial charge < -0.3 is 15.0 Å². The Balaban J connectivity index is 2.19. The molecule has 2 N–H and O–H groups in total. The third-order valence-corrected chi connectivity index (χ3v) is 4.19. The van der Waals surface area contributed by atoms with Gasteiger partial charge in [0.15, 0.2) is 11.0 Å². The number of halogens is 1. The number of hydrogen-bond acceptors (Lipinski definition) is 5. The summed E-state index contributed by atoms with van der Waals surface area (Å²) in [5, 5.41) is 19.9. The summed E-state index contributed by atoms with van der Waals surface area (Å²) in [6, 6.07) is 5.12. The Bertz CT molecular complexity index is 793. The molecule has 0 bridgehead atoms. The van der Waals surface area contributed by atoms with Crippen molar-refractivity contribution >= 4 is 23.6 Å². The molecule has 1 aromatic carbocycles. The number of hydrogen-bond donors (Lipinski definition) is 2. The normalized spacial score (nSPS) is 11.8. The molecular formula is C16H17FN4O3S. The number of aliphatic carboxylic acids is 1. The van der Waals surface area contributed by atoms with Crippen molar-refractivity contribution in [3.05, 3.63) is 54.1 Å². The number of carboxylic acids is 1. The van der Waals surface area contributed by atoms with Gasteiger partial charge in [0, 0.05) is 6.54 Å². The predicted molar refractivity (Wildman–Crippen MR) is 90.9 cm³/mol. The van der Waals surface area contributed by atoms with Gasteiger partial charge in [-0.2, -0.15) is 0 Å². The van der Waals surface area contributed by atoms with E-state index in [4.69, 9.17) is 5.11 Å². The Hall–Kier alpha value is -2.68. The molecule has 0 radical (unpaired) electrons. The Kier molecular flexibility index (Phi) is 6.29. The molecule has 0 fully saturated rings. The van der Waals surface area contributed by atoms with Gasteiger partial charge in [0.25, 0.3) is 5.91 Å². The van der Waals surface area contributed by atoms with Crippen LogP contribution in [0.2, 0.25) is 0 Å². The van der Waals surface area contributed by atoms with Gasteiger partial charge in [0.05, 0.1) is 17.4 Å². The van der Waals surface area contributed by atoms with Crippen LogP contribution < -0.4 is 5.32 Å². The average Bonchev–Trinajstić information content (AvgIpc) is 2.96. The maximum absolute atomic E-state index is 13.7. The fourth-order valence-corrected chi connectivity index (χ4v) is 2.81. The third-order valence-electron chi connectivity index (χ3n) is 3.24. The molecule has 132 valence electrons. The fourth-order valence-electron chi connectivity index (χ4n) is 2.14. The lowest BCUT2D eigenvalue weighted by Crippen LogP contribution is -2.29. The summed E-state index contributed by atoms with van der Waals surface area (Å²) in [5.74, 6) is -1.89. The molecule has 0 aliphatic carbocycles. The summed E-state index contributed by atoms with van der Waals surface area (Å²) >= 11 is 1.02. The van der Waals surface area contributed by atoms with Gasteiger partial charge in [-0.05, 0) is 19.1 Å². The zero-order chi connectivity index (χ0) is 18.4. The molecule has 25 heavy (non-hydrogen) atoms. The largest absolute Gasteiger partial charge is 0.481 e. The van der Waals surface area contributed by atoms with Crippen molar-refractivity contribution in [1.29, 1.82) is 0 Å². The molecular weight excluding hydrogens is 347 g/mol. The molecule has 1 heterocycles. The number of nitrogens with one attached hydrogen (secondary N) is 1. The molecule has 0 saturated carbocycles. The van der Waals surface area contributed by atoms with Crippen molar-refractivity contribution in [3.8, 4) is 0 Å². The summed E-state index contributed by atoms with van der Waals surface area (Å²) in [7, 11) is 0. The van der Waals surface area contributed by atoms with Crippen LogP contribution >= 0.6 is 11.8 Å². The second kappa shape index (κ2) is 8.43. The van der Waals surface area contributed by atoms with Crippen molar-refractivity contribution in [2.75, 3.05) is 5.75 Å². The van der Waals surface area contributed by atoms with Gasteiger partial charge in [-0.3, -0.25) is 9.59 Å². The van der Waals surface area contributed by atoms with Gasteiger partial charge in [-0.15, -0.1) is 16.8 Å². The lowest BCUT2D eigenvalue weighted by molar-refractivity contribution is -0.133. The highest BCUT2D eigenvalue weighted by atomic mass is 32.2. The SMILES string of the molecule is C=CCn1c(SCC(=O)O)nnc1C(C)NC(=O)c1ccccc1F. The monoisotopic (exact) mass is 364 g/mol. The number of amides is 1. The molecule has 1 atom stereocenters. The highest BCUT2D eigenvalue weighted by Crippen LogP contribution is 2.21. The van der Waals surface area contributed by atoms with Gasteiger partial charge in [-0.25, -0.2) is 4.39 Å². The lowest BCUT2D eigenvalue weighted by Gasteiger charge is -2.15. The first kappa shape index (κ1) is 18.7. The number of carboxylic acid groups (broad SMARTS) is 1. The van der Waals surface area contributed by atoms with Crippen molar-refractivity contribution in [1.82, 2.24) is 20.1 Å². The van der Waals surface area contributed by atoms with E-state index in [1.807, 2.05) is 0 Å². The molecule has 1 unspecified atom stereocenters. The predicted octanol–water partition coefficient (Wildman–Crippen LogP) is 2.27. The van der Waals surface area contributed by atoms with Crippen LogP contribution in [0.5, 0.6) is 0 Å². The van der Waals surface area contributed by atoms with E-state index >= 15 is 0 Å². The molecule has 0 aliphatic rings. The minimum atomic E-state index is -0.972. The minimum absolute atomic E-state index is 0.0652. The molecule has 0 aliphatic heterocycles. The first-order chi connectivity index (χ1) is 11.9. The average molecular weight is 364 g/mol. The summed E-state index contributed by atoms with van der Waals surface area (Å²) in [6.45, 7) is 5.69. The van der Waals surface area contributed by atoms with Crippen LogP contribution in [0.1, 0.15) is 29.1 Å². The summed E-state index contributed by atoms with van der Waals surface area (Å²) in [5.41, 5.74) is -0.0652. The van der Waals surface area contributed by atoms with Crippen LogP contribution in [0.4, 0.5) is 4.39 Å². The van der Waals surface area contributed by atoms with Crippen molar-refractivity contribution in [3.63, 3.8) is 0 Å². The fraction of sp³-hybridized carbons (Fsp3) is 0.250. The number of allylic oxidation sites excluding steroid dienone is 1. The Morgan fingerprint density at radius 1 is 1.44 bits per heavy atom. The first-order valence-corrected chi connectivity index (χ1v) is 8.36. The lowest BCUT2D eigenvalue weighted by atomic mass is 10.2. The van der Waals surface area contributed by atoms with Crippen LogP contribution in [0.25, 0.3) is 0 Å². The second-order valence-corrected chi connectivity index (χ2v) is 6.04. The number of benzene rings is 1. The third kappa shape index (κ3) is 4.66. The molecule has 0 saturated heterocycles. The van der Waals surface area contributed by atoms with Gasteiger partial charge >= 0.3 is 5.97 Å². The van der Waals surface area contributed by atoms with Crippen LogP contribution in [0, 0.1) is 5.82 Å². The van der Waals surface area contributed by atoms with Gasteiger partial charge in [0.2, 0.25) is 0 Å². The van der Waals surface area contributed by atoms with E-state index < -0.39 is 23.7 Å². The van der Waals surface area contributed by atoms with E-state index in [1.165, 1.54) is 18.2 Å². The quantitative estimate of drug-likeness (QED) is 0.551. The molecule has 1 aromatic heterocycles.